The summed E-state index contributed by atoms with van der Waals surface area (Å²) in [6.45, 7) is 2.36. The van der Waals surface area contributed by atoms with Crippen molar-refractivity contribution in [2.24, 2.45) is 0 Å². The summed E-state index contributed by atoms with van der Waals surface area (Å²) < 4.78 is 0. The largest absolute Gasteiger partial charge is 0.368 e. The van der Waals surface area contributed by atoms with Crippen molar-refractivity contribution < 1.29 is 0 Å². The van der Waals surface area contributed by atoms with E-state index in [-0.39, 0.29) is 0 Å². The van der Waals surface area contributed by atoms with Gasteiger partial charge in [0.25, 0.3) is 0 Å². The predicted molar refractivity (Wildman–Crippen MR) is 79.9 cm³/mol. The summed E-state index contributed by atoms with van der Waals surface area (Å²) in [6.07, 6.45) is 2.42. The lowest BCUT2D eigenvalue weighted by molar-refractivity contribution is 0.581. The van der Waals surface area contributed by atoms with Gasteiger partial charge in [-0.3, -0.25) is 0 Å². The molecule has 2 atom stereocenters. The molecule has 1 nitrogen and oxygen atoms in total. The summed E-state index contributed by atoms with van der Waals surface area (Å²) in [6, 6.07) is 16.5. The first-order valence-electron chi connectivity index (χ1n) is 7.20. The zero-order chi connectivity index (χ0) is 13.0. The quantitative estimate of drug-likeness (QED) is 0.673. The van der Waals surface area contributed by atoms with Crippen LogP contribution in [-0.2, 0) is 6.42 Å². The molecule has 96 valence electrons. The Bertz CT molecular complexity index is 644. The second-order valence-electron chi connectivity index (χ2n) is 5.90. The number of benzene rings is 2. The molecule has 3 aliphatic heterocycles. The molecule has 0 saturated carbocycles. The Balaban J connectivity index is 2.07. The molecule has 0 spiro atoms. The first-order chi connectivity index (χ1) is 9.25. The van der Waals surface area contributed by atoms with Crippen molar-refractivity contribution in [3.8, 4) is 0 Å². The van der Waals surface area contributed by atoms with Crippen molar-refractivity contribution in [3.63, 3.8) is 0 Å². The van der Waals surface area contributed by atoms with Crippen LogP contribution in [0.15, 0.2) is 42.5 Å². The molecule has 4 bridgehead atoms. The minimum Gasteiger partial charge on any atom is -0.368 e. The second kappa shape index (κ2) is 3.86. The van der Waals surface area contributed by atoms with Gasteiger partial charge in [-0.25, -0.2) is 0 Å². The van der Waals surface area contributed by atoms with Crippen LogP contribution in [0.5, 0.6) is 0 Å². The van der Waals surface area contributed by atoms with E-state index < -0.39 is 0 Å². The number of fused-ring (bicyclic) bond motifs is 1. The molecule has 0 radical (unpaired) electrons. The summed E-state index contributed by atoms with van der Waals surface area (Å²) in [5, 5.41) is 0. The molecular weight excluding hydrogens is 230 g/mol. The van der Waals surface area contributed by atoms with E-state index in [1.807, 2.05) is 0 Å². The Kier molecular flexibility index (Phi) is 2.26. The number of hydrogen-bond acceptors (Lipinski definition) is 1. The molecule has 3 heterocycles. The van der Waals surface area contributed by atoms with E-state index in [4.69, 9.17) is 0 Å². The van der Waals surface area contributed by atoms with Gasteiger partial charge in [0.2, 0.25) is 0 Å². The van der Waals surface area contributed by atoms with Crippen LogP contribution >= 0.6 is 0 Å². The zero-order valence-corrected chi connectivity index (χ0v) is 11.6. The highest BCUT2D eigenvalue weighted by molar-refractivity contribution is 5.59. The van der Waals surface area contributed by atoms with Gasteiger partial charge in [0.05, 0.1) is 6.04 Å². The molecular formula is C18H19N. The number of hydrogen-bond donors (Lipinski definition) is 0. The van der Waals surface area contributed by atoms with Gasteiger partial charge in [-0.05, 0) is 47.2 Å². The standard InChI is InChI=1S/C18H19N/c1-12-15-5-3-4-6-16(15)18-10-8-13-7-9-14(19(18)2)11-17(12)13/h3-7,9,11-12,18H,8,10H2,1-2H3. The highest BCUT2D eigenvalue weighted by Crippen LogP contribution is 2.44. The number of rotatable bonds is 0. The smallest absolute Gasteiger partial charge is 0.0545 e. The van der Waals surface area contributed by atoms with Gasteiger partial charge in [0, 0.05) is 18.7 Å². The van der Waals surface area contributed by atoms with Crippen LogP contribution in [0.25, 0.3) is 0 Å². The number of aryl methyl sites for hydroxylation is 1. The number of anilines is 1. The van der Waals surface area contributed by atoms with Crippen LogP contribution in [0.2, 0.25) is 0 Å². The Hall–Kier alpha value is -1.76. The average molecular weight is 249 g/mol. The van der Waals surface area contributed by atoms with Crippen molar-refractivity contribution in [1.82, 2.24) is 0 Å². The predicted octanol–water partition coefficient (Wildman–Crippen LogP) is 4.28. The van der Waals surface area contributed by atoms with Gasteiger partial charge < -0.3 is 4.90 Å². The fraction of sp³-hybridized carbons (Fsp3) is 0.333. The Morgan fingerprint density at radius 3 is 2.63 bits per heavy atom. The summed E-state index contributed by atoms with van der Waals surface area (Å²) in [5.74, 6) is 0.516. The lowest BCUT2D eigenvalue weighted by atomic mass is 9.78. The van der Waals surface area contributed by atoms with Crippen LogP contribution < -0.4 is 4.90 Å². The molecule has 1 heteroatoms. The average Bonchev–Trinajstić information content (AvgIpc) is 2.43. The van der Waals surface area contributed by atoms with E-state index in [0.29, 0.717) is 12.0 Å². The first kappa shape index (κ1) is 11.1. The van der Waals surface area contributed by atoms with E-state index in [2.05, 4.69) is 61.3 Å². The summed E-state index contributed by atoms with van der Waals surface area (Å²) in [5.41, 5.74) is 7.47. The van der Waals surface area contributed by atoms with Crippen molar-refractivity contribution in [2.75, 3.05) is 11.9 Å². The molecule has 19 heavy (non-hydrogen) atoms. The molecule has 2 aromatic rings. The maximum atomic E-state index is 2.46. The number of nitrogens with zero attached hydrogens (tertiary/aromatic N) is 1. The van der Waals surface area contributed by atoms with Crippen molar-refractivity contribution in [1.29, 1.82) is 0 Å². The van der Waals surface area contributed by atoms with Gasteiger partial charge in [0.1, 0.15) is 0 Å². The lowest BCUT2D eigenvalue weighted by Crippen LogP contribution is -2.30. The molecule has 1 aliphatic carbocycles. The molecule has 6 rings (SSSR count). The minimum atomic E-state index is 0.516. The topological polar surface area (TPSA) is 3.24 Å². The van der Waals surface area contributed by atoms with E-state index in [9.17, 15) is 0 Å². The van der Waals surface area contributed by atoms with E-state index in [0.717, 1.165) is 0 Å². The summed E-state index contributed by atoms with van der Waals surface area (Å²) in [4.78, 5) is 2.46. The van der Waals surface area contributed by atoms with E-state index in [1.165, 1.54) is 35.2 Å². The fourth-order valence-corrected chi connectivity index (χ4v) is 3.84. The van der Waals surface area contributed by atoms with Gasteiger partial charge in [-0.15, -0.1) is 0 Å². The van der Waals surface area contributed by atoms with Crippen LogP contribution in [0.3, 0.4) is 0 Å². The Morgan fingerprint density at radius 2 is 1.79 bits per heavy atom. The molecule has 0 saturated heterocycles. The van der Waals surface area contributed by atoms with E-state index in [1.54, 1.807) is 5.56 Å². The molecule has 0 amide bonds. The van der Waals surface area contributed by atoms with Crippen LogP contribution in [-0.4, -0.2) is 7.05 Å². The maximum Gasteiger partial charge on any atom is 0.0545 e. The normalized spacial score (nSPS) is 23.8. The van der Waals surface area contributed by atoms with Crippen molar-refractivity contribution in [3.05, 3.63) is 64.7 Å². The molecule has 2 aromatic carbocycles. The molecule has 4 aliphatic rings. The molecule has 0 N–H and O–H groups in total. The third-order valence-electron chi connectivity index (χ3n) is 4.98. The summed E-state index contributed by atoms with van der Waals surface area (Å²) >= 11 is 0. The van der Waals surface area contributed by atoms with Crippen molar-refractivity contribution >= 4 is 5.69 Å². The van der Waals surface area contributed by atoms with Gasteiger partial charge in [-0.1, -0.05) is 37.3 Å². The molecule has 0 fully saturated rings. The van der Waals surface area contributed by atoms with Gasteiger partial charge in [-0.2, -0.15) is 0 Å². The maximum absolute atomic E-state index is 2.46. The SMILES string of the molecule is CC1c2cc3ccc2CCC(c2ccccc21)N3C. The Morgan fingerprint density at radius 1 is 1.00 bits per heavy atom. The van der Waals surface area contributed by atoms with Crippen LogP contribution in [0.1, 0.15) is 47.6 Å². The monoisotopic (exact) mass is 249 g/mol. The van der Waals surface area contributed by atoms with Gasteiger partial charge >= 0.3 is 0 Å². The highest BCUT2D eigenvalue weighted by atomic mass is 15.1. The van der Waals surface area contributed by atoms with E-state index >= 15 is 0 Å². The minimum absolute atomic E-state index is 0.516. The fourth-order valence-electron chi connectivity index (χ4n) is 3.84. The molecule has 2 unspecified atom stereocenters. The Labute approximate surface area is 114 Å². The second-order valence-corrected chi connectivity index (χ2v) is 5.90. The van der Waals surface area contributed by atoms with Gasteiger partial charge in [0.15, 0.2) is 0 Å². The zero-order valence-electron chi connectivity index (χ0n) is 11.6. The van der Waals surface area contributed by atoms with Crippen LogP contribution in [0, 0.1) is 0 Å². The lowest BCUT2D eigenvalue weighted by Gasteiger charge is -2.39. The third-order valence-corrected chi connectivity index (χ3v) is 4.98. The first-order valence-corrected chi connectivity index (χ1v) is 7.20. The van der Waals surface area contributed by atoms with Crippen molar-refractivity contribution in [2.45, 2.75) is 31.7 Å². The third kappa shape index (κ3) is 1.48. The molecule has 0 aromatic heterocycles. The van der Waals surface area contributed by atoms with Crippen LogP contribution in [0.4, 0.5) is 5.69 Å². The highest BCUT2D eigenvalue weighted by Gasteiger charge is 2.30. The summed E-state index contributed by atoms with van der Waals surface area (Å²) in [7, 11) is 2.24.